The number of rotatable bonds is 6. The molecule has 1 heterocycles. The van der Waals surface area contributed by atoms with Gasteiger partial charge in [0.15, 0.2) is 0 Å². The molecule has 0 atom stereocenters. The van der Waals surface area contributed by atoms with Gasteiger partial charge in [0.05, 0.1) is 17.6 Å². The third kappa shape index (κ3) is 3.84. The van der Waals surface area contributed by atoms with Gasteiger partial charge in [-0.3, -0.25) is 9.59 Å². The highest BCUT2D eigenvalue weighted by Crippen LogP contribution is 2.20. The second-order valence-corrected chi connectivity index (χ2v) is 6.94. The molecule has 0 aliphatic heterocycles. The van der Waals surface area contributed by atoms with Crippen LogP contribution in [0.5, 0.6) is 0 Å². The zero-order chi connectivity index (χ0) is 18.8. The molecule has 138 valence electrons. The van der Waals surface area contributed by atoms with Gasteiger partial charge in [-0.2, -0.15) is 0 Å². The number of aromatic nitrogens is 2. The van der Waals surface area contributed by atoms with Crippen molar-refractivity contribution < 1.29 is 9.59 Å². The van der Waals surface area contributed by atoms with Crippen LogP contribution in [0, 0.1) is 6.92 Å². The maximum absolute atomic E-state index is 12.5. The first-order valence-corrected chi connectivity index (χ1v) is 9.19. The van der Waals surface area contributed by atoms with E-state index in [4.69, 9.17) is 0 Å². The summed E-state index contributed by atoms with van der Waals surface area (Å²) in [5.74, 6) is 0.505. The van der Waals surface area contributed by atoms with Gasteiger partial charge in [-0.1, -0.05) is 30.3 Å². The van der Waals surface area contributed by atoms with E-state index in [0.29, 0.717) is 17.4 Å². The standard InChI is InChI=1S/C21H22N4O2/c1-14-6-2-3-7-16(14)21(27)22-12-19-24-17-8-4-5-9-18(17)25(19)13-20(26)23-15-10-11-15/h2-9,15H,10-13H2,1H3,(H,22,27)(H,23,26). The summed E-state index contributed by atoms with van der Waals surface area (Å²) in [5, 5.41) is 5.94. The van der Waals surface area contributed by atoms with Crippen LogP contribution in [0.3, 0.4) is 0 Å². The summed E-state index contributed by atoms with van der Waals surface area (Å²) in [6, 6.07) is 15.5. The van der Waals surface area contributed by atoms with Crippen molar-refractivity contribution in [3.63, 3.8) is 0 Å². The molecule has 2 aromatic carbocycles. The molecule has 1 aliphatic rings. The molecular formula is C21H22N4O2. The van der Waals surface area contributed by atoms with E-state index < -0.39 is 0 Å². The molecular weight excluding hydrogens is 340 g/mol. The van der Waals surface area contributed by atoms with E-state index >= 15 is 0 Å². The van der Waals surface area contributed by atoms with Crippen LogP contribution >= 0.6 is 0 Å². The van der Waals surface area contributed by atoms with E-state index in [2.05, 4.69) is 15.6 Å². The number of benzene rings is 2. The van der Waals surface area contributed by atoms with Gasteiger partial charge in [0.25, 0.3) is 5.91 Å². The molecule has 0 radical (unpaired) electrons. The van der Waals surface area contributed by atoms with Crippen LogP contribution in [0.2, 0.25) is 0 Å². The number of amides is 2. The Morgan fingerprint density at radius 1 is 1.11 bits per heavy atom. The number of para-hydroxylation sites is 2. The predicted octanol–water partition coefficient (Wildman–Crippen LogP) is 2.55. The number of carbonyl (C=O) groups excluding carboxylic acids is 2. The van der Waals surface area contributed by atoms with Crippen molar-refractivity contribution in [3.8, 4) is 0 Å². The topological polar surface area (TPSA) is 76.0 Å². The number of nitrogens with zero attached hydrogens (tertiary/aromatic N) is 2. The summed E-state index contributed by atoms with van der Waals surface area (Å²) >= 11 is 0. The number of nitrogens with one attached hydrogen (secondary N) is 2. The van der Waals surface area contributed by atoms with E-state index in [1.54, 1.807) is 6.07 Å². The summed E-state index contributed by atoms with van der Waals surface area (Å²) in [6.07, 6.45) is 2.10. The minimum absolute atomic E-state index is 0.0212. The molecule has 27 heavy (non-hydrogen) atoms. The molecule has 0 saturated heterocycles. The van der Waals surface area contributed by atoms with Crippen molar-refractivity contribution in [3.05, 3.63) is 65.5 Å². The van der Waals surface area contributed by atoms with Crippen LogP contribution in [0.1, 0.15) is 34.6 Å². The molecule has 3 aromatic rings. The fourth-order valence-corrected chi connectivity index (χ4v) is 3.16. The molecule has 6 nitrogen and oxygen atoms in total. The zero-order valence-electron chi connectivity index (χ0n) is 15.2. The quantitative estimate of drug-likeness (QED) is 0.708. The van der Waals surface area contributed by atoms with Crippen LogP contribution in [0.25, 0.3) is 11.0 Å². The van der Waals surface area contributed by atoms with Crippen LogP contribution in [-0.4, -0.2) is 27.4 Å². The molecule has 0 unspecified atom stereocenters. The highest BCUT2D eigenvalue weighted by atomic mass is 16.2. The molecule has 1 saturated carbocycles. The van der Waals surface area contributed by atoms with E-state index in [9.17, 15) is 9.59 Å². The van der Waals surface area contributed by atoms with Gasteiger partial charge in [-0.25, -0.2) is 4.98 Å². The van der Waals surface area contributed by atoms with Gasteiger partial charge in [0.2, 0.25) is 5.91 Å². The van der Waals surface area contributed by atoms with Crippen molar-refractivity contribution in [1.29, 1.82) is 0 Å². The first kappa shape index (κ1) is 17.3. The number of imidazole rings is 1. The SMILES string of the molecule is Cc1ccccc1C(=O)NCc1nc2ccccc2n1CC(=O)NC1CC1. The number of carbonyl (C=O) groups is 2. The Morgan fingerprint density at radius 2 is 1.85 bits per heavy atom. The second-order valence-electron chi connectivity index (χ2n) is 6.94. The molecule has 1 fully saturated rings. The van der Waals surface area contributed by atoms with Gasteiger partial charge >= 0.3 is 0 Å². The van der Waals surface area contributed by atoms with Gasteiger partial charge in [-0.15, -0.1) is 0 Å². The zero-order valence-corrected chi connectivity index (χ0v) is 15.2. The van der Waals surface area contributed by atoms with Crippen molar-refractivity contribution in [1.82, 2.24) is 20.2 Å². The second kappa shape index (κ2) is 7.23. The molecule has 2 N–H and O–H groups in total. The Morgan fingerprint density at radius 3 is 2.63 bits per heavy atom. The van der Waals surface area contributed by atoms with Crippen molar-refractivity contribution in [2.24, 2.45) is 0 Å². The van der Waals surface area contributed by atoms with E-state index in [1.807, 2.05) is 54.0 Å². The van der Waals surface area contributed by atoms with Crippen molar-refractivity contribution >= 4 is 22.8 Å². The van der Waals surface area contributed by atoms with Gasteiger partial charge in [-0.05, 0) is 43.5 Å². The highest BCUT2D eigenvalue weighted by Gasteiger charge is 2.24. The van der Waals surface area contributed by atoms with Crippen LogP contribution in [0.4, 0.5) is 0 Å². The molecule has 1 aliphatic carbocycles. The minimum atomic E-state index is -0.144. The van der Waals surface area contributed by atoms with Crippen LogP contribution in [0.15, 0.2) is 48.5 Å². The first-order valence-electron chi connectivity index (χ1n) is 9.19. The average molecular weight is 362 g/mol. The molecule has 6 heteroatoms. The smallest absolute Gasteiger partial charge is 0.251 e. The molecule has 1 aromatic heterocycles. The predicted molar refractivity (Wildman–Crippen MR) is 103 cm³/mol. The van der Waals surface area contributed by atoms with Gasteiger partial charge in [0, 0.05) is 11.6 Å². The minimum Gasteiger partial charge on any atom is -0.352 e. The van der Waals surface area contributed by atoms with E-state index in [0.717, 1.165) is 29.4 Å². The number of aryl methyl sites for hydroxylation is 1. The summed E-state index contributed by atoms with van der Waals surface area (Å²) in [6.45, 7) is 2.37. The maximum atomic E-state index is 12.5. The molecule has 4 rings (SSSR count). The van der Waals surface area contributed by atoms with Gasteiger partial charge < -0.3 is 15.2 Å². The number of hydrogen-bond donors (Lipinski definition) is 2. The third-order valence-electron chi connectivity index (χ3n) is 4.77. The Hall–Kier alpha value is -3.15. The largest absolute Gasteiger partial charge is 0.352 e. The van der Waals surface area contributed by atoms with Crippen molar-refractivity contribution in [2.75, 3.05) is 0 Å². The first-order chi connectivity index (χ1) is 13.1. The van der Waals surface area contributed by atoms with Crippen molar-refractivity contribution in [2.45, 2.75) is 38.9 Å². The molecule has 2 amide bonds. The fourth-order valence-electron chi connectivity index (χ4n) is 3.16. The molecule has 0 spiro atoms. The van der Waals surface area contributed by atoms with Crippen LogP contribution < -0.4 is 10.6 Å². The van der Waals surface area contributed by atoms with E-state index in [1.165, 1.54) is 0 Å². The Balaban J connectivity index is 1.55. The van der Waals surface area contributed by atoms with Gasteiger partial charge in [0.1, 0.15) is 12.4 Å². The summed E-state index contributed by atoms with van der Waals surface area (Å²) in [7, 11) is 0. The Bertz CT molecular complexity index is 1000. The summed E-state index contributed by atoms with van der Waals surface area (Å²) in [4.78, 5) is 29.4. The normalized spacial score (nSPS) is 13.5. The monoisotopic (exact) mass is 362 g/mol. The lowest BCUT2D eigenvalue weighted by Crippen LogP contribution is -2.31. The fraction of sp³-hybridized carbons (Fsp3) is 0.286. The lowest BCUT2D eigenvalue weighted by molar-refractivity contribution is -0.121. The maximum Gasteiger partial charge on any atom is 0.251 e. The highest BCUT2D eigenvalue weighted by molar-refractivity contribution is 5.95. The average Bonchev–Trinajstić information content (AvgIpc) is 3.41. The lowest BCUT2D eigenvalue weighted by atomic mass is 10.1. The summed E-state index contributed by atoms with van der Waals surface area (Å²) < 4.78 is 1.88. The third-order valence-corrected chi connectivity index (χ3v) is 4.77. The van der Waals surface area contributed by atoms with E-state index in [-0.39, 0.29) is 24.9 Å². The molecule has 0 bridgehead atoms. The Labute approximate surface area is 157 Å². The lowest BCUT2D eigenvalue weighted by Gasteiger charge is -2.11. The Kier molecular flexibility index (Phi) is 4.62. The number of fused-ring (bicyclic) bond motifs is 1. The van der Waals surface area contributed by atoms with Crippen LogP contribution in [-0.2, 0) is 17.9 Å². The number of hydrogen-bond acceptors (Lipinski definition) is 3. The summed E-state index contributed by atoms with van der Waals surface area (Å²) in [5.41, 5.74) is 3.28.